The zero-order chi connectivity index (χ0) is 11.5. The van der Waals surface area contributed by atoms with Crippen molar-refractivity contribution in [2.45, 2.75) is 13.3 Å². The third-order valence-electron chi connectivity index (χ3n) is 1.93. The predicted octanol–water partition coefficient (Wildman–Crippen LogP) is 2.61. The third kappa shape index (κ3) is 2.27. The van der Waals surface area contributed by atoms with Crippen LogP contribution >= 0.6 is 11.5 Å². The molecule has 84 valence electrons. The van der Waals surface area contributed by atoms with Crippen LogP contribution in [-0.2, 0) is 6.42 Å². The first-order valence-corrected chi connectivity index (χ1v) is 5.52. The molecule has 0 aliphatic rings. The quantitative estimate of drug-likeness (QED) is 0.836. The van der Waals surface area contributed by atoms with Crippen molar-refractivity contribution in [2.24, 2.45) is 0 Å². The van der Waals surface area contributed by atoms with Gasteiger partial charge >= 0.3 is 0 Å². The smallest absolute Gasteiger partial charge is 0.298 e. The van der Waals surface area contributed by atoms with Crippen molar-refractivity contribution in [1.82, 2.24) is 9.36 Å². The Hall–Kier alpha value is -1.69. The van der Waals surface area contributed by atoms with Gasteiger partial charge in [-0.1, -0.05) is 6.92 Å². The van der Waals surface area contributed by atoms with Crippen LogP contribution in [0.2, 0.25) is 0 Å². The van der Waals surface area contributed by atoms with Gasteiger partial charge in [-0.25, -0.2) is 4.39 Å². The Kier molecular flexibility index (Phi) is 3.00. The summed E-state index contributed by atoms with van der Waals surface area (Å²) in [6, 6.07) is 3.96. The van der Waals surface area contributed by atoms with Crippen LogP contribution in [0.5, 0.6) is 10.9 Å². The molecule has 1 aromatic carbocycles. The monoisotopic (exact) mass is 239 g/mol. The average Bonchev–Trinajstić information content (AvgIpc) is 2.70. The van der Waals surface area contributed by atoms with Gasteiger partial charge in [-0.2, -0.15) is 9.36 Å². The largest absolute Gasteiger partial charge is 0.428 e. The van der Waals surface area contributed by atoms with E-state index in [1.54, 1.807) is 0 Å². The first-order valence-electron chi connectivity index (χ1n) is 4.74. The fourth-order valence-corrected chi connectivity index (χ4v) is 1.76. The molecule has 0 amide bonds. The van der Waals surface area contributed by atoms with E-state index in [0.29, 0.717) is 10.9 Å². The number of nitrogens with two attached hydrogens (primary N) is 1. The maximum Gasteiger partial charge on any atom is 0.298 e. The van der Waals surface area contributed by atoms with E-state index >= 15 is 0 Å². The van der Waals surface area contributed by atoms with Gasteiger partial charge in [-0.05, 0) is 12.1 Å². The lowest BCUT2D eigenvalue weighted by atomic mass is 10.3. The van der Waals surface area contributed by atoms with Crippen molar-refractivity contribution in [3.05, 3.63) is 29.8 Å². The first-order chi connectivity index (χ1) is 7.69. The number of nitrogens with zero attached hydrogens (tertiary/aromatic N) is 2. The molecule has 0 fully saturated rings. The summed E-state index contributed by atoms with van der Waals surface area (Å²) in [6.45, 7) is 1.96. The number of hydrogen-bond donors (Lipinski definition) is 1. The van der Waals surface area contributed by atoms with Crippen molar-refractivity contribution in [3.63, 3.8) is 0 Å². The topological polar surface area (TPSA) is 61.0 Å². The number of rotatable bonds is 3. The van der Waals surface area contributed by atoms with Gasteiger partial charge in [-0.15, -0.1) is 0 Å². The molecule has 6 heteroatoms. The second kappa shape index (κ2) is 4.44. The van der Waals surface area contributed by atoms with Gasteiger partial charge in [0.05, 0.1) is 5.69 Å². The zero-order valence-electron chi connectivity index (χ0n) is 8.61. The Bertz CT molecular complexity index is 501. The second-order valence-electron chi connectivity index (χ2n) is 3.11. The van der Waals surface area contributed by atoms with Gasteiger partial charge in [-0.3, -0.25) is 0 Å². The highest BCUT2D eigenvalue weighted by molar-refractivity contribution is 7.07. The molecule has 0 saturated carbocycles. The van der Waals surface area contributed by atoms with Crippen molar-refractivity contribution in [3.8, 4) is 10.9 Å². The lowest BCUT2D eigenvalue weighted by Crippen LogP contribution is -1.93. The molecule has 2 N–H and O–H groups in total. The number of aromatic nitrogens is 2. The molecule has 1 aromatic heterocycles. The number of nitrogen functional groups attached to an aromatic ring is 1. The minimum Gasteiger partial charge on any atom is -0.428 e. The van der Waals surface area contributed by atoms with E-state index in [2.05, 4.69) is 9.36 Å². The van der Waals surface area contributed by atoms with Gasteiger partial charge in [0.2, 0.25) is 0 Å². The predicted molar refractivity (Wildman–Crippen MR) is 60.2 cm³/mol. The van der Waals surface area contributed by atoms with Gasteiger partial charge in [0.25, 0.3) is 5.19 Å². The molecule has 4 nitrogen and oxygen atoms in total. The van der Waals surface area contributed by atoms with E-state index in [9.17, 15) is 4.39 Å². The Morgan fingerprint density at radius 1 is 1.50 bits per heavy atom. The summed E-state index contributed by atoms with van der Waals surface area (Å²) >= 11 is 1.15. The van der Waals surface area contributed by atoms with Gasteiger partial charge < -0.3 is 10.5 Å². The molecule has 1 heterocycles. The number of hydrogen-bond acceptors (Lipinski definition) is 5. The molecule has 0 aliphatic carbocycles. The molecular formula is C10H10FN3OS. The standard InChI is InChI=1S/C10H10FN3OS/c1-2-9-13-10(16-14-9)15-8-4-3-6(11)5-7(8)12/h3-5H,2,12H2,1H3. The molecule has 0 radical (unpaired) electrons. The Balaban J connectivity index is 2.20. The summed E-state index contributed by atoms with van der Waals surface area (Å²) in [5, 5.41) is 0.412. The number of anilines is 1. The third-order valence-corrected chi connectivity index (χ3v) is 2.57. The summed E-state index contributed by atoms with van der Waals surface area (Å²) in [5.74, 6) is 0.720. The van der Waals surface area contributed by atoms with Crippen molar-refractivity contribution >= 4 is 17.2 Å². The molecule has 0 spiro atoms. The molecule has 2 aromatic rings. The fourth-order valence-electron chi connectivity index (χ4n) is 1.13. The van der Waals surface area contributed by atoms with Crippen LogP contribution in [0.4, 0.5) is 10.1 Å². The average molecular weight is 239 g/mol. The lowest BCUT2D eigenvalue weighted by molar-refractivity contribution is 0.478. The maximum absolute atomic E-state index is 12.8. The van der Waals surface area contributed by atoms with Crippen molar-refractivity contribution < 1.29 is 9.13 Å². The number of aryl methyl sites for hydroxylation is 1. The van der Waals surface area contributed by atoms with Crippen LogP contribution in [0.25, 0.3) is 0 Å². The van der Waals surface area contributed by atoms with Crippen LogP contribution in [-0.4, -0.2) is 9.36 Å². The highest BCUT2D eigenvalue weighted by atomic mass is 32.1. The molecule has 0 bridgehead atoms. The Labute approximate surface area is 96.1 Å². The van der Waals surface area contributed by atoms with E-state index in [0.717, 1.165) is 23.8 Å². The molecular weight excluding hydrogens is 229 g/mol. The van der Waals surface area contributed by atoms with Crippen molar-refractivity contribution in [2.75, 3.05) is 5.73 Å². The second-order valence-corrected chi connectivity index (χ2v) is 3.83. The number of benzene rings is 1. The van der Waals surface area contributed by atoms with E-state index in [1.165, 1.54) is 18.2 Å². The molecule has 0 unspecified atom stereocenters. The fraction of sp³-hybridized carbons (Fsp3) is 0.200. The van der Waals surface area contributed by atoms with Crippen LogP contribution in [0, 0.1) is 5.82 Å². The Morgan fingerprint density at radius 3 is 2.94 bits per heavy atom. The minimum absolute atomic E-state index is 0.244. The lowest BCUT2D eigenvalue weighted by Gasteiger charge is -2.04. The molecule has 0 aliphatic heterocycles. The van der Waals surface area contributed by atoms with E-state index in [-0.39, 0.29) is 5.69 Å². The Morgan fingerprint density at radius 2 is 2.31 bits per heavy atom. The van der Waals surface area contributed by atoms with Crippen LogP contribution < -0.4 is 10.5 Å². The van der Waals surface area contributed by atoms with E-state index in [4.69, 9.17) is 10.5 Å². The summed E-state index contributed by atoms with van der Waals surface area (Å²) in [7, 11) is 0. The van der Waals surface area contributed by atoms with Crippen LogP contribution in [0.1, 0.15) is 12.7 Å². The normalized spacial score (nSPS) is 10.4. The number of halogens is 1. The molecule has 2 rings (SSSR count). The summed E-state index contributed by atoms with van der Waals surface area (Å²) in [5.41, 5.74) is 5.84. The molecule has 16 heavy (non-hydrogen) atoms. The SMILES string of the molecule is CCc1nsc(Oc2ccc(F)cc2N)n1. The summed E-state index contributed by atoms with van der Waals surface area (Å²) < 4.78 is 22.3. The first kappa shape index (κ1) is 10.8. The molecule has 0 atom stereocenters. The summed E-state index contributed by atoms with van der Waals surface area (Å²) in [6.07, 6.45) is 0.749. The minimum atomic E-state index is -0.392. The highest BCUT2D eigenvalue weighted by Crippen LogP contribution is 2.28. The van der Waals surface area contributed by atoms with Gasteiger partial charge in [0, 0.05) is 24.0 Å². The summed E-state index contributed by atoms with van der Waals surface area (Å²) in [4.78, 5) is 4.12. The number of ether oxygens (including phenoxy) is 1. The van der Waals surface area contributed by atoms with Crippen LogP contribution in [0.3, 0.4) is 0 Å². The maximum atomic E-state index is 12.8. The van der Waals surface area contributed by atoms with Gasteiger partial charge in [0.1, 0.15) is 11.6 Å². The van der Waals surface area contributed by atoms with E-state index < -0.39 is 5.82 Å². The van der Waals surface area contributed by atoms with Crippen LogP contribution in [0.15, 0.2) is 18.2 Å². The van der Waals surface area contributed by atoms with Gasteiger partial charge in [0.15, 0.2) is 5.75 Å². The molecule has 0 saturated heterocycles. The zero-order valence-corrected chi connectivity index (χ0v) is 9.42. The van der Waals surface area contributed by atoms with E-state index in [1.807, 2.05) is 6.92 Å². The highest BCUT2D eigenvalue weighted by Gasteiger charge is 2.07. The van der Waals surface area contributed by atoms with Crippen molar-refractivity contribution in [1.29, 1.82) is 0 Å².